The number of carboxylic acids is 2. The lowest BCUT2D eigenvalue weighted by atomic mass is 10.0. The zero-order valence-electron chi connectivity index (χ0n) is 23.6. The second-order valence-electron chi connectivity index (χ2n) is 10.4. The third kappa shape index (κ3) is 10.7. The summed E-state index contributed by atoms with van der Waals surface area (Å²) in [5.74, 6) is -5.36. The smallest absolute Gasteiger partial charge is 0.326 e. The quantitative estimate of drug-likeness (QED) is 0.0627. The van der Waals surface area contributed by atoms with E-state index in [4.69, 9.17) is 17.2 Å². The van der Waals surface area contributed by atoms with Gasteiger partial charge in [0.15, 0.2) is 5.96 Å². The Bertz CT molecular complexity index is 1290. The number of amides is 3. The number of aromatic amines is 1. The molecule has 0 aliphatic carbocycles. The van der Waals surface area contributed by atoms with Crippen molar-refractivity contribution in [3.8, 4) is 0 Å². The molecule has 0 saturated carbocycles. The number of hydrogen-bond donors (Lipinski definition) is 9. The van der Waals surface area contributed by atoms with Gasteiger partial charge in [0.1, 0.15) is 18.1 Å². The monoisotopic (exact) mass is 588 g/mol. The molecule has 3 amide bonds. The molecule has 0 radical (unpaired) electrons. The van der Waals surface area contributed by atoms with Crippen LogP contribution in [-0.2, 0) is 30.4 Å². The van der Waals surface area contributed by atoms with E-state index in [0.29, 0.717) is 0 Å². The first-order valence-corrected chi connectivity index (χ1v) is 13.5. The molecule has 15 nitrogen and oxygen atoms in total. The molecule has 230 valence electrons. The van der Waals surface area contributed by atoms with Crippen LogP contribution in [0.4, 0.5) is 0 Å². The molecule has 42 heavy (non-hydrogen) atoms. The van der Waals surface area contributed by atoms with Gasteiger partial charge in [-0.15, -0.1) is 0 Å². The number of guanidine groups is 1. The molecule has 0 aliphatic rings. The molecule has 4 unspecified atom stereocenters. The van der Waals surface area contributed by atoms with Crippen LogP contribution in [0, 0.1) is 5.92 Å². The number of rotatable bonds is 17. The molecule has 12 N–H and O–H groups in total. The van der Waals surface area contributed by atoms with Crippen molar-refractivity contribution in [2.24, 2.45) is 28.1 Å². The van der Waals surface area contributed by atoms with Crippen LogP contribution in [0.5, 0.6) is 0 Å². The Morgan fingerprint density at radius 1 is 0.929 bits per heavy atom. The zero-order valence-corrected chi connectivity index (χ0v) is 23.6. The first-order chi connectivity index (χ1) is 19.8. The largest absolute Gasteiger partial charge is 0.481 e. The first-order valence-electron chi connectivity index (χ1n) is 13.5. The number of nitrogens with two attached hydrogens (primary N) is 3. The summed E-state index contributed by atoms with van der Waals surface area (Å²) in [6.45, 7) is 3.74. The highest BCUT2D eigenvalue weighted by molar-refractivity contribution is 5.96. The maximum atomic E-state index is 13.1. The number of para-hydroxylation sites is 1. The number of nitrogens with zero attached hydrogens (tertiary/aromatic N) is 1. The third-order valence-electron chi connectivity index (χ3n) is 6.36. The molecule has 1 aromatic carbocycles. The van der Waals surface area contributed by atoms with E-state index < -0.39 is 60.2 Å². The number of aromatic nitrogens is 1. The lowest BCUT2D eigenvalue weighted by molar-refractivity contribution is -0.143. The summed E-state index contributed by atoms with van der Waals surface area (Å²) < 4.78 is 0. The lowest BCUT2D eigenvalue weighted by Gasteiger charge is -2.25. The van der Waals surface area contributed by atoms with Gasteiger partial charge in [-0.05, 0) is 43.2 Å². The van der Waals surface area contributed by atoms with E-state index in [9.17, 15) is 34.2 Å². The number of aliphatic carboxylic acids is 2. The first kappa shape index (κ1) is 33.5. The fraction of sp³-hybridized carbons (Fsp3) is 0.481. The standard InChI is InChI=1S/C27H40N8O7/c1-14(2)10-20(24(39)33-19(26(41)42)8-5-9-31-27(29)30)35-25(40)21(12-22(36)37)34-23(38)17(28)11-15-13-32-18-7-4-3-6-16(15)18/h3-4,6-7,13-14,17,19-21,32H,5,8-12,28H2,1-2H3,(H,33,39)(H,34,38)(H,35,40)(H,36,37)(H,41,42)(H4,29,30,31). The van der Waals surface area contributed by atoms with Crippen molar-refractivity contribution in [3.63, 3.8) is 0 Å². The number of carbonyl (C=O) groups is 5. The Morgan fingerprint density at radius 3 is 2.17 bits per heavy atom. The minimum absolute atomic E-state index is 0.0201. The topological polar surface area (TPSA) is 268 Å². The number of H-pyrrole nitrogens is 1. The second-order valence-corrected chi connectivity index (χ2v) is 10.4. The van der Waals surface area contributed by atoms with Crippen molar-refractivity contribution >= 4 is 46.5 Å². The summed E-state index contributed by atoms with van der Waals surface area (Å²) in [6, 6.07) is 2.31. The van der Waals surface area contributed by atoms with Crippen molar-refractivity contribution in [3.05, 3.63) is 36.0 Å². The molecule has 4 atom stereocenters. The van der Waals surface area contributed by atoms with Crippen LogP contribution in [0.2, 0.25) is 0 Å². The van der Waals surface area contributed by atoms with Gasteiger partial charge in [-0.1, -0.05) is 32.0 Å². The summed E-state index contributed by atoms with van der Waals surface area (Å²) >= 11 is 0. The zero-order chi connectivity index (χ0) is 31.4. The van der Waals surface area contributed by atoms with Crippen molar-refractivity contribution in [2.75, 3.05) is 6.54 Å². The molecule has 0 aliphatic heterocycles. The van der Waals surface area contributed by atoms with Crippen molar-refractivity contribution < 1.29 is 34.2 Å². The molecule has 0 fully saturated rings. The van der Waals surface area contributed by atoms with Crippen LogP contribution in [0.3, 0.4) is 0 Å². The van der Waals surface area contributed by atoms with Crippen LogP contribution in [0.1, 0.15) is 45.1 Å². The highest BCUT2D eigenvalue weighted by Gasteiger charge is 2.32. The van der Waals surface area contributed by atoms with Crippen molar-refractivity contribution in [2.45, 2.75) is 70.1 Å². The normalized spacial score (nSPS) is 13.9. The number of fused-ring (bicyclic) bond motifs is 1. The molecule has 2 rings (SSSR count). The molecule has 1 heterocycles. The predicted octanol–water partition coefficient (Wildman–Crippen LogP) is -0.849. The van der Waals surface area contributed by atoms with E-state index in [1.54, 1.807) is 20.0 Å². The molecule has 0 spiro atoms. The van der Waals surface area contributed by atoms with Gasteiger partial charge < -0.3 is 48.3 Å². The van der Waals surface area contributed by atoms with Gasteiger partial charge in [-0.25, -0.2) is 4.79 Å². The van der Waals surface area contributed by atoms with Gasteiger partial charge in [0.2, 0.25) is 17.7 Å². The Labute approximate surface area is 242 Å². The van der Waals surface area contributed by atoms with Crippen LogP contribution in [0.15, 0.2) is 35.5 Å². The summed E-state index contributed by atoms with van der Waals surface area (Å²) in [4.78, 5) is 69.2. The number of aliphatic imine (C=N–C) groups is 1. The number of carbonyl (C=O) groups excluding carboxylic acids is 3. The van der Waals surface area contributed by atoms with Crippen molar-refractivity contribution in [1.82, 2.24) is 20.9 Å². The SMILES string of the molecule is CC(C)CC(NC(=O)C(CC(=O)O)NC(=O)C(N)Cc1c[nH]c2ccccc12)C(=O)NC(CCCN=C(N)N)C(=O)O. The summed E-state index contributed by atoms with van der Waals surface area (Å²) in [7, 11) is 0. The van der Waals surface area contributed by atoms with Crippen LogP contribution in [-0.4, -0.2) is 81.5 Å². The molecular formula is C27H40N8O7. The molecule has 15 heteroatoms. The molecular weight excluding hydrogens is 548 g/mol. The second kappa shape index (κ2) is 16.0. The van der Waals surface area contributed by atoms with Crippen LogP contribution >= 0.6 is 0 Å². The van der Waals surface area contributed by atoms with Gasteiger partial charge in [0.05, 0.1) is 12.5 Å². The minimum atomic E-state index is -1.54. The van der Waals surface area contributed by atoms with E-state index >= 15 is 0 Å². The summed E-state index contributed by atoms with van der Waals surface area (Å²) in [6.07, 6.45) is 1.48. The fourth-order valence-corrected chi connectivity index (χ4v) is 4.30. The maximum Gasteiger partial charge on any atom is 0.326 e. The minimum Gasteiger partial charge on any atom is -0.481 e. The van der Waals surface area contributed by atoms with Crippen LogP contribution < -0.4 is 33.2 Å². The Morgan fingerprint density at radius 2 is 1.55 bits per heavy atom. The molecule has 2 aromatic rings. The van der Waals surface area contributed by atoms with Crippen molar-refractivity contribution in [1.29, 1.82) is 0 Å². The average molecular weight is 589 g/mol. The van der Waals surface area contributed by atoms with Gasteiger partial charge in [-0.2, -0.15) is 0 Å². The highest BCUT2D eigenvalue weighted by Crippen LogP contribution is 2.19. The summed E-state index contributed by atoms with van der Waals surface area (Å²) in [5, 5.41) is 27.1. The predicted molar refractivity (Wildman–Crippen MR) is 155 cm³/mol. The van der Waals surface area contributed by atoms with E-state index in [0.717, 1.165) is 16.5 Å². The Hall–Kier alpha value is -4.66. The molecule has 0 bridgehead atoms. The molecule has 1 aromatic heterocycles. The molecule has 0 saturated heterocycles. The fourth-order valence-electron chi connectivity index (χ4n) is 4.30. The number of nitrogens with one attached hydrogen (secondary N) is 4. The third-order valence-corrected chi connectivity index (χ3v) is 6.36. The Balaban J connectivity index is 2.11. The average Bonchev–Trinajstić information content (AvgIpc) is 3.31. The van der Waals surface area contributed by atoms with Gasteiger partial charge in [0.25, 0.3) is 0 Å². The van der Waals surface area contributed by atoms with Gasteiger partial charge in [-0.3, -0.25) is 24.2 Å². The van der Waals surface area contributed by atoms with Gasteiger partial charge >= 0.3 is 11.9 Å². The van der Waals surface area contributed by atoms with E-state index in [-0.39, 0.29) is 44.1 Å². The van der Waals surface area contributed by atoms with Crippen LogP contribution in [0.25, 0.3) is 10.9 Å². The lowest BCUT2D eigenvalue weighted by Crippen LogP contribution is -2.57. The summed E-state index contributed by atoms with van der Waals surface area (Å²) in [5.41, 5.74) is 18.3. The van der Waals surface area contributed by atoms with E-state index in [1.807, 2.05) is 24.3 Å². The van der Waals surface area contributed by atoms with E-state index in [2.05, 4.69) is 25.9 Å². The number of carboxylic acid groups (broad SMARTS) is 2. The number of benzene rings is 1. The van der Waals surface area contributed by atoms with E-state index in [1.165, 1.54) is 0 Å². The Kier molecular flexibility index (Phi) is 12.7. The highest BCUT2D eigenvalue weighted by atomic mass is 16.4. The van der Waals surface area contributed by atoms with Gasteiger partial charge in [0, 0.05) is 23.6 Å². The number of hydrogen-bond acceptors (Lipinski definition) is 7. The maximum absolute atomic E-state index is 13.1.